The first-order valence-corrected chi connectivity index (χ1v) is 10.1. The van der Waals surface area contributed by atoms with E-state index < -0.39 is 0 Å². The number of likely N-dealkylation sites (tertiary alicyclic amines) is 1. The third-order valence-corrected chi connectivity index (χ3v) is 5.38. The van der Waals surface area contributed by atoms with Crippen LogP contribution in [0.5, 0.6) is 0 Å². The molecule has 30 heavy (non-hydrogen) atoms. The second kappa shape index (κ2) is 8.49. The summed E-state index contributed by atoms with van der Waals surface area (Å²) in [6.45, 7) is 4.44. The van der Waals surface area contributed by atoms with E-state index in [1.54, 1.807) is 4.90 Å². The fourth-order valence-electron chi connectivity index (χ4n) is 3.96. The number of carbonyl (C=O) groups is 2. The molecule has 0 saturated carbocycles. The van der Waals surface area contributed by atoms with Crippen molar-refractivity contribution >= 4 is 11.8 Å². The molecule has 1 aromatic heterocycles. The molecular formula is C23H25N5O2. The number of nitrogens with one attached hydrogen (secondary N) is 2. The van der Waals surface area contributed by atoms with Crippen LogP contribution in [-0.4, -0.2) is 51.0 Å². The zero-order chi connectivity index (χ0) is 21.1. The van der Waals surface area contributed by atoms with Crippen molar-refractivity contribution in [3.05, 3.63) is 71.5 Å². The van der Waals surface area contributed by atoms with Gasteiger partial charge in [0.25, 0.3) is 0 Å². The topological polar surface area (TPSA) is 91.0 Å². The van der Waals surface area contributed by atoms with E-state index in [4.69, 9.17) is 0 Å². The lowest BCUT2D eigenvalue weighted by Gasteiger charge is -2.17. The predicted octanol–water partition coefficient (Wildman–Crippen LogP) is 2.45. The number of rotatable bonds is 5. The van der Waals surface area contributed by atoms with Crippen LogP contribution >= 0.6 is 0 Å². The van der Waals surface area contributed by atoms with Gasteiger partial charge < -0.3 is 10.2 Å². The van der Waals surface area contributed by atoms with Gasteiger partial charge in [0.15, 0.2) is 5.82 Å². The fraction of sp³-hybridized carbons (Fsp3) is 0.304. The standard InChI is InChI=1S/C23H25N5O2/c1-15-7-6-8-17(11-15)12-21(30)28-13-19(20(14-28)24-16(2)29)23-25-22(26-27-23)18-9-4-3-5-10-18/h3-11,19-20H,12-14H2,1-2H3,(H,24,29)(H,25,26,27)/t19-,20-/m1/s1. The molecule has 0 radical (unpaired) electrons. The first kappa shape index (κ1) is 19.8. The molecular weight excluding hydrogens is 378 g/mol. The van der Waals surface area contributed by atoms with Gasteiger partial charge in [-0.15, -0.1) is 0 Å². The van der Waals surface area contributed by atoms with Crippen LogP contribution < -0.4 is 5.32 Å². The molecule has 0 bridgehead atoms. The normalized spacial score (nSPS) is 18.4. The molecule has 7 heteroatoms. The first-order chi connectivity index (χ1) is 14.5. The largest absolute Gasteiger partial charge is 0.351 e. The Labute approximate surface area is 175 Å². The van der Waals surface area contributed by atoms with Gasteiger partial charge in [0, 0.05) is 25.6 Å². The molecule has 1 saturated heterocycles. The van der Waals surface area contributed by atoms with Gasteiger partial charge in [-0.3, -0.25) is 14.7 Å². The van der Waals surface area contributed by atoms with Crippen LogP contribution in [0.4, 0.5) is 0 Å². The average molecular weight is 403 g/mol. The molecule has 2 heterocycles. The van der Waals surface area contributed by atoms with Gasteiger partial charge in [0.2, 0.25) is 11.8 Å². The van der Waals surface area contributed by atoms with Crippen LogP contribution in [0.25, 0.3) is 11.4 Å². The summed E-state index contributed by atoms with van der Waals surface area (Å²) in [6, 6.07) is 17.5. The minimum Gasteiger partial charge on any atom is -0.351 e. The van der Waals surface area contributed by atoms with Gasteiger partial charge in [-0.1, -0.05) is 60.2 Å². The number of nitrogens with zero attached hydrogens (tertiary/aromatic N) is 3. The van der Waals surface area contributed by atoms with Crippen molar-refractivity contribution in [3.63, 3.8) is 0 Å². The Balaban J connectivity index is 1.52. The van der Waals surface area contributed by atoms with Crippen molar-refractivity contribution in [1.82, 2.24) is 25.4 Å². The number of carbonyl (C=O) groups excluding carboxylic acids is 2. The Hall–Kier alpha value is -3.48. The summed E-state index contributed by atoms with van der Waals surface area (Å²) in [5.74, 6) is 1.07. The highest BCUT2D eigenvalue weighted by Crippen LogP contribution is 2.27. The second-order valence-corrected chi connectivity index (χ2v) is 7.79. The number of amides is 2. The molecule has 2 atom stereocenters. The van der Waals surface area contributed by atoms with E-state index >= 15 is 0 Å². The highest BCUT2D eigenvalue weighted by atomic mass is 16.2. The zero-order valence-electron chi connectivity index (χ0n) is 17.1. The van der Waals surface area contributed by atoms with Crippen LogP contribution in [0.3, 0.4) is 0 Å². The van der Waals surface area contributed by atoms with Gasteiger partial charge in [-0.2, -0.15) is 5.10 Å². The molecule has 0 aliphatic carbocycles. The Morgan fingerprint density at radius 1 is 1.13 bits per heavy atom. The van der Waals surface area contributed by atoms with E-state index in [1.165, 1.54) is 6.92 Å². The van der Waals surface area contributed by atoms with E-state index in [0.717, 1.165) is 16.7 Å². The number of H-pyrrole nitrogens is 1. The Morgan fingerprint density at radius 2 is 1.93 bits per heavy atom. The van der Waals surface area contributed by atoms with Crippen LogP contribution in [0.1, 0.15) is 29.8 Å². The second-order valence-electron chi connectivity index (χ2n) is 7.79. The predicted molar refractivity (Wildman–Crippen MR) is 114 cm³/mol. The third-order valence-electron chi connectivity index (χ3n) is 5.38. The quantitative estimate of drug-likeness (QED) is 0.685. The van der Waals surface area contributed by atoms with Crippen LogP contribution in [0.2, 0.25) is 0 Å². The van der Waals surface area contributed by atoms with E-state index in [-0.39, 0.29) is 23.8 Å². The molecule has 7 nitrogen and oxygen atoms in total. The lowest BCUT2D eigenvalue weighted by molar-refractivity contribution is -0.129. The number of aryl methyl sites for hydroxylation is 1. The lowest BCUT2D eigenvalue weighted by atomic mass is 10.0. The van der Waals surface area contributed by atoms with Crippen molar-refractivity contribution < 1.29 is 9.59 Å². The van der Waals surface area contributed by atoms with E-state index in [0.29, 0.717) is 31.2 Å². The molecule has 0 unspecified atom stereocenters. The number of aromatic nitrogens is 3. The summed E-state index contributed by atoms with van der Waals surface area (Å²) in [4.78, 5) is 31.1. The van der Waals surface area contributed by atoms with E-state index in [9.17, 15) is 9.59 Å². The number of hydrogen-bond acceptors (Lipinski definition) is 4. The highest BCUT2D eigenvalue weighted by molar-refractivity contribution is 5.80. The molecule has 1 fully saturated rings. The summed E-state index contributed by atoms with van der Waals surface area (Å²) in [6.07, 6.45) is 0.340. The molecule has 2 amide bonds. The Bertz CT molecular complexity index is 1050. The van der Waals surface area contributed by atoms with Crippen molar-refractivity contribution in [2.45, 2.75) is 32.2 Å². The fourth-order valence-corrected chi connectivity index (χ4v) is 3.96. The molecule has 1 aliphatic rings. The van der Waals surface area contributed by atoms with Crippen LogP contribution in [-0.2, 0) is 16.0 Å². The monoisotopic (exact) mass is 403 g/mol. The zero-order valence-corrected chi connectivity index (χ0v) is 17.1. The smallest absolute Gasteiger partial charge is 0.227 e. The van der Waals surface area contributed by atoms with Gasteiger partial charge >= 0.3 is 0 Å². The first-order valence-electron chi connectivity index (χ1n) is 10.1. The Morgan fingerprint density at radius 3 is 2.67 bits per heavy atom. The van der Waals surface area contributed by atoms with E-state index in [2.05, 4.69) is 20.5 Å². The van der Waals surface area contributed by atoms with E-state index in [1.807, 2.05) is 61.5 Å². The lowest BCUT2D eigenvalue weighted by Crippen LogP contribution is -2.39. The van der Waals surface area contributed by atoms with Crippen LogP contribution in [0, 0.1) is 6.92 Å². The van der Waals surface area contributed by atoms with Crippen molar-refractivity contribution in [2.24, 2.45) is 0 Å². The summed E-state index contributed by atoms with van der Waals surface area (Å²) in [5, 5.41) is 10.3. The molecule has 1 aliphatic heterocycles. The van der Waals surface area contributed by atoms with Gasteiger partial charge in [0.1, 0.15) is 5.82 Å². The van der Waals surface area contributed by atoms with Crippen LogP contribution in [0.15, 0.2) is 54.6 Å². The van der Waals surface area contributed by atoms with Gasteiger partial charge in [-0.25, -0.2) is 4.98 Å². The highest BCUT2D eigenvalue weighted by Gasteiger charge is 2.38. The summed E-state index contributed by atoms with van der Waals surface area (Å²) < 4.78 is 0. The molecule has 154 valence electrons. The molecule has 4 rings (SSSR count). The van der Waals surface area contributed by atoms with Crippen molar-refractivity contribution in [3.8, 4) is 11.4 Å². The maximum Gasteiger partial charge on any atom is 0.227 e. The molecule has 3 aromatic rings. The summed E-state index contributed by atoms with van der Waals surface area (Å²) in [5.41, 5.74) is 3.04. The Kier molecular flexibility index (Phi) is 5.61. The third kappa shape index (κ3) is 4.40. The summed E-state index contributed by atoms with van der Waals surface area (Å²) in [7, 11) is 0. The molecule has 0 spiro atoms. The van der Waals surface area contributed by atoms with Gasteiger partial charge in [-0.05, 0) is 12.5 Å². The summed E-state index contributed by atoms with van der Waals surface area (Å²) >= 11 is 0. The SMILES string of the molecule is CC(=O)N[C@@H]1CN(C(=O)Cc2cccc(C)c2)C[C@H]1c1nc(-c2ccccc2)n[nH]1. The maximum atomic E-state index is 12.9. The molecule has 2 N–H and O–H groups in total. The number of hydrogen-bond donors (Lipinski definition) is 2. The number of benzene rings is 2. The maximum absolute atomic E-state index is 12.9. The van der Waals surface area contributed by atoms with Crippen molar-refractivity contribution in [2.75, 3.05) is 13.1 Å². The minimum absolute atomic E-state index is 0.0428. The average Bonchev–Trinajstić information content (AvgIpc) is 3.35. The minimum atomic E-state index is -0.208. The number of aromatic amines is 1. The molecule has 2 aromatic carbocycles. The van der Waals surface area contributed by atoms with Gasteiger partial charge in [0.05, 0.1) is 18.4 Å². The van der Waals surface area contributed by atoms with Crippen molar-refractivity contribution in [1.29, 1.82) is 0 Å².